The summed E-state index contributed by atoms with van der Waals surface area (Å²) in [6.07, 6.45) is 3.39. The fourth-order valence-corrected chi connectivity index (χ4v) is 0.204. The Hall–Kier alpha value is -0.500. The van der Waals surface area contributed by atoms with Gasteiger partial charge in [-0.1, -0.05) is 6.08 Å². The van der Waals surface area contributed by atoms with Crippen LogP contribution >= 0.6 is 0 Å². The van der Waals surface area contributed by atoms with Crippen molar-refractivity contribution in [3.8, 4) is 0 Å². The van der Waals surface area contributed by atoms with Crippen LogP contribution in [0, 0.1) is 0 Å². The van der Waals surface area contributed by atoms with E-state index in [1.807, 2.05) is 6.92 Å². The molecule has 0 spiro atoms. The Labute approximate surface area is 43.7 Å². The first-order valence-electron chi connectivity index (χ1n) is 2.13. The highest BCUT2D eigenvalue weighted by Crippen LogP contribution is 1.74. The molecule has 42 valence electrons. The fraction of sp³-hybridized carbons (Fsp3) is 0.600. The van der Waals surface area contributed by atoms with Crippen LogP contribution in [-0.4, -0.2) is 13.9 Å². The third kappa shape index (κ3) is 5.50. The lowest BCUT2D eigenvalue weighted by Gasteiger charge is -1.93. The highest BCUT2D eigenvalue weighted by Gasteiger charge is 1.68. The van der Waals surface area contributed by atoms with Crippen molar-refractivity contribution in [1.82, 2.24) is 0 Å². The van der Waals surface area contributed by atoms with E-state index in [4.69, 9.17) is 4.74 Å². The normalized spacial score (nSPS) is 10.0. The maximum atomic E-state index is 4.73. The van der Waals surface area contributed by atoms with Gasteiger partial charge < -0.3 is 9.47 Å². The number of allylic oxidation sites excluding steroid dienone is 1. The molecule has 0 saturated heterocycles. The van der Waals surface area contributed by atoms with Gasteiger partial charge in [0.25, 0.3) is 0 Å². The Kier molecular flexibility index (Phi) is 5.11. The summed E-state index contributed by atoms with van der Waals surface area (Å²) in [6, 6.07) is 0. The number of methoxy groups -OCH3 is 1. The summed E-state index contributed by atoms with van der Waals surface area (Å²) < 4.78 is 9.30. The molecule has 2 nitrogen and oxygen atoms in total. The third-order valence-electron chi connectivity index (χ3n) is 0.418. The number of rotatable bonds is 3. The molecule has 0 amide bonds. The first-order chi connectivity index (χ1) is 3.41. The molecule has 2 heteroatoms. The Balaban J connectivity index is 2.69. The predicted molar refractivity (Wildman–Crippen MR) is 27.8 cm³/mol. The molecule has 0 unspecified atom stereocenters. The van der Waals surface area contributed by atoms with Crippen molar-refractivity contribution in [3.05, 3.63) is 12.3 Å². The molecule has 0 aliphatic heterocycles. The maximum absolute atomic E-state index is 4.73. The molecule has 0 aliphatic rings. The summed E-state index contributed by atoms with van der Waals surface area (Å²) in [5.74, 6) is 0. The van der Waals surface area contributed by atoms with Crippen molar-refractivity contribution >= 4 is 0 Å². The second-order valence-corrected chi connectivity index (χ2v) is 1.04. The summed E-state index contributed by atoms with van der Waals surface area (Å²) in [6.45, 7) is 2.22. The smallest absolute Gasteiger partial charge is 0.187 e. The van der Waals surface area contributed by atoms with Gasteiger partial charge in [-0.25, -0.2) is 0 Å². The molecule has 0 rings (SSSR count). The zero-order chi connectivity index (χ0) is 5.54. The van der Waals surface area contributed by atoms with Gasteiger partial charge in [0.2, 0.25) is 0 Å². The number of hydrogen-bond acceptors (Lipinski definition) is 2. The van der Waals surface area contributed by atoms with Gasteiger partial charge in [-0.3, -0.25) is 0 Å². The Morgan fingerprint density at radius 1 is 1.57 bits per heavy atom. The zero-order valence-corrected chi connectivity index (χ0v) is 4.68. The quantitative estimate of drug-likeness (QED) is 0.302. The third-order valence-corrected chi connectivity index (χ3v) is 0.418. The van der Waals surface area contributed by atoms with Gasteiger partial charge in [-0.05, 0) is 6.92 Å². The fourth-order valence-electron chi connectivity index (χ4n) is 0.204. The van der Waals surface area contributed by atoms with Crippen molar-refractivity contribution in [3.63, 3.8) is 0 Å². The largest absolute Gasteiger partial charge is 0.476 e. The summed E-state index contributed by atoms with van der Waals surface area (Å²) in [4.78, 5) is 0. The lowest BCUT2D eigenvalue weighted by molar-refractivity contribution is 0.0198. The van der Waals surface area contributed by atoms with E-state index >= 15 is 0 Å². The van der Waals surface area contributed by atoms with Crippen LogP contribution in [0.3, 0.4) is 0 Å². The van der Waals surface area contributed by atoms with Crippen LogP contribution in [0.2, 0.25) is 0 Å². The van der Waals surface area contributed by atoms with Crippen LogP contribution in [0.1, 0.15) is 6.92 Å². The Bertz CT molecular complexity index is 50.0. The van der Waals surface area contributed by atoms with Crippen molar-refractivity contribution in [2.75, 3.05) is 13.9 Å². The molecule has 0 N–H and O–H groups in total. The zero-order valence-electron chi connectivity index (χ0n) is 4.68. The van der Waals surface area contributed by atoms with Crippen LogP contribution in [-0.2, 0) is 9.47 Å². The van der Waals surface area contributed by atoms with E-state index in [1.165, 1.54) is 0 Å². The average Bonchev–Trinajstić information content (AvgIpc) is 1.69. The first-order valence-corrected chi connectivity index (χ1v) is 2.13. The summed E-state index contributed by atoms with van der Waals surface area (Å²) in [5.41, 5.74) is 0. The van der Waals surface area contributed by atoms with Crippen molar-refractivity contribution in [2.45, 2.75) is 6.92 Å². The van der Waals surface area contributed by atoms with Gasteiger partial charge in [0.15, 0.2) is 6.79 Å². The van der Waals surface area contributed by atoms with Gasteiger partial charge in [-0.15, -0.1) is 0 Å². The molecule has 0 atom stereocenters. The Morgan fingerprint density at radius 3 is 2.71 bits per heavy atom. The molecule has 0 aromatic carbocycles. The van der Waals surface area contributed by atoms with E-state index in [9.17, 15) is 0 Å². The molecule has 0 heterocycles. The highest BCUT2D eigenvalue weighted by atomic mass is 16.7. The van der Waals surface area contributed by atoms with Crippen LogP contribution in [0.5, 0.6) is 0 Å². The molecule has 0 radical (unpaired) electrons. The molecule has 0 bridgehead atoms. The summed E-state index contributed by atoms with van der Waals surface area (Å²) >= 11 is 0. The summed E-state index contributed by atoms with van der Waals surface area (Å²) in [7, 11) is 1.59. The molecular weight excluding hydrogens is 92.1 g/mol. The first kappa shape index (κ1) is 6.50. The van der Waals surface area contributed by atoms with Crippen molar-refractivity contribution in [2.24, 2.45) is 0 Å². The minimum Gasteiger partial charge on any atom is -0.476 e. The lowest BCUT2D eigenvalue weighted by Crippen LogP contribution is -1.87. The highest BCUT2D eigenvalue weighted by molar-refractivity contribution is 4.63. The van der Waals surface area contributed by atoms with E-state index in [0.29, 0.717) is 6.79 Å². The molecule has 0 aromatic rings. The molecule has 0 fully saturated rings. The molecular formula is C5H10O2. The van der Waals surface area contributed by atoms with Crippen LogP contribution in [0.25, 0.3) is 0 Å². The lowest BCUT2D eigenvalue weighted by atomic mass is 10.7. The predicted octanol–water partition coefficient (Wildman–Crippen LogP) is 1.14. The van der Waals surface area contributed by atoms with Gasteiger partial charge >= 0.3 is 0 Å². The van der Waals surface area contributed by atoms with Crippen LogP contribution in [0.4, 0.5) is 0 Å². The SMILES string of the molecule is CC=COCOC. The molecule has 0 saturated carbocycles. The minimum absolute atomic E-state index is 0.338. The summed E-state index contributed by atoms with van der Waals surface area (Å²) in [5, 5.41) is 0. The maximum Gasteiger partial charge on any atom is 0.187 e. The van der Waals surface area contributed by atoms with E-state index in [-0.39, 0.29) is 0 Å². The van der Waals surface area contributed by atoms with Gasteiger partial charge in [0.05, 0.1) is 6.26 Å². The van der Waals surface area contributed by atoms with E-state index in [1.54, 1.807) is 19.4 Å². The van der Waals surface area contributed by atoms with Gasteiger partial charge in [0, 0.05) is 7.11 Å². The van der Waals surface area contributed by atoms with Gasteiger partial charge in [-0.2, -0.15) is 0 Å². The molecule has 0 aliphatic carbocycles. The van der Waals surface area contributed by atoms with Crippen molar-refractivity contribution in [1.29, 1.82) is 0 Å². The van der Waals surface area contributed by atoms with Gasteiger partial charge in [0.1, 0.15) is 0 Å². The monoisotopic (exact) mass is 102 g/mol. The van der Waals surface area contributed by atoms with Crippen molar-refractivity contribution < 1.29 is 9.47 Å². The topological polar surface area (TPSA) is 18.5 Å². The standard InChI is InChI=1S/C5H10O2/c1-3-4-7-5-6-2/h3-4H,5H2,1-2H3. The number of hydrogen-bond donors (Lipinski definition) is 0. The van der Waals surface area contributed by atoms with E-state index in [2.05, 4.69) is 4.74 Å². The number of ether oxygens (including phenoxy) is 2. The average molecular weight is 102 g/mol. The molecule has 0 aromatic heterocycles. The van der Waals surface area contributed by atoms with Crippen LogP contribution in [0.15, 0.2) is 12.3 Å². The molecule has 7 heavy (non-hydrogen) atoms. The van der Waals surface area contributed by atoms with E-state index < -0.39 is 0 Å². The second-order valence-electron chi connectivity index (χ2n) is 1.04. The Morgan fingerprint density at radius 2 is 2.29 bits per heavy atom. The minimum atomic E-state index is 0.338. The second kappa shape index (κ2) is 5.50. The van der Waals surface area contributed by atoms with Crippen LogP contribution < -0.4 is 0 Å². The van der Waals surface area contributed by atoms with E-state index in [0.717, 1.165) is 0 Å².